The van der Waals surface area contributed by atoms with E-state index in [1.807, 2.05) is 4.90 Å². The highest BCUT2D eigenvalue weighted by molar-refractivity contribution is 6.32. The normalized spacial score (nSPS) is 21.9. The van der Waals surface area contributed by atoms with Crippen LogP contribution in [0, 0.1) is 0 Å². The van der Waals surface area contributed by atoms with Gasteiger partial charge in [-0.2, -0.15) is 0 Å². The molecule has 1 aromatic rings. The Hall–Kier alpha value is -1.40. The first-order valence-electron chi connectivity index (χ1n) is 6.92. The van der Waals surface area contributed by atoms with Crippen LogP contribution >= 0.6 is 24.0 Å². The summed E-state index contributed by atoms with van der Waals surface area (Å²) in [4.78, 5) is 29.9. The minimum Gasteiger partial charge on any atom is -0.387 e. The fourth-order valence-electron chi connectivity index (χ4n) is 2.88. The number of aromatic amines is 2. The molecule has 2 fully saturated rings. The van der Waals surface area contributed by atoms with Crippen molar-refractivity contribution >= 4 is 29.8 Å². The highest BCUT2D eigenvalue weighted by Gasteiger charge is 2.26. The number of hydrogen-bond acceptors (Lipinski definition) is 4. The van der Waals surface area contributed by atoms with Crippen LogP contribution in [0.15, 0.2) is 21.0 Å². The molecular formula is C13H18Cl2N4O2. The van der Waals surface area contributed by atoms with Crippen LogP contribution in [0.5, 0.6) is 0 Å². The number of allylic oxidation sites excluding steroid dienone is 2. The van der Waals surface area contributed by atoms with Crippen LogP contribution in [0.4, 0.5) is 5.82 Å². The fourth-order valence-corrected chi connectivity index (χ4v) is 3.08. The smallest absolute Gasteiger partial charge is 0.327 e. The first kappa shape index (κ1) is 16.0. The van der Waals surface area contributed by atoms with E-state index in [9.17, 15) is 9.59 Å². The Morgan fingerprint density at radius 2 is 1.86 bits per heavy atom. The molecule has 0 aliphatic carbocycles. The van der Waals surface area contributed by atoms with Crippen molar-refractivity contribution in [3.63, 3.8) is 0 Å². The van der Waals surface area contributed by atoms with Gasteiger partial charge in [-0.05, 0) is 32.1 Å². The van der Waals surface area contributed by atoms with E-state index in [1.54, 1.807) is 0 Å². The van der Waals surface area contributed by atoms with E-state index in [4.69, 9.17) is 11.6 Å². The van der Waals surface area contributed by atoms with E-state index in [0.717, 1.165) is 38.0 Å². The van der Waals surface area contributed by atoms with Gasteiger partial charge in [-0.3, -0.25) is 14.8 Å². The van der Waals surface area contributed by atoms with Crippen LogP contribution in [0.1, 0.15) is 32.1 Å². The third-order valence-corrected chi connectivity index (χ3v) is 4.15. The number of hydrogen-bond donors (Lipinski definition) is 3. The van der Waals surface area contributed by atoms with E-state index in [-0.39, 0.29) is 17.4 Å². The molecule has 1 aromatic heterocycles. The van der Waals surface area contributed by atoms with E-state index in [1.165, 1.54) is 18.5 Å². The second-order valence-corrected chi connectivity index (χ2v) is 5.51. The molecule has 2 saturated heterocycles. The first-order valence-corrected chi connectivity index (χ1v) is 7.30. The van der Waals surface area contributed by atoms with Crippen LogP contribution in [0.2, 0.25) is 5.02 Å². The maximum Gasteiger partial charge on any atom is 0.327 e. The van der Waals surface area contributed by atoms with Gasteiger partial charge in [0, 0.05) is 24.5 Å². The van der Waals surface area contributed by atoms with Crippen molar-refractivity contribution in [2.45, 2.75) is 32.1 Å². The van der Waals surface area contributed by atoms with Crippen LogP contribution in [0.3, 0.4) is 0 Å². The third kappa shape index (κ3) is 3.11. The molecule has 2 aliphatic rings. The zero-order valence-electron chi connectivity index (χ0n) is 11.5. The average Bonchev–Trinajstić information content (AvgIpc) is 2.93. The molecule has 0 bridgehead atoms. The van der Waals surface area contributed by atoms with Crippen LogP contribution in [0.25, 0.3) is 0 Å². The van der Waals surface area contributed by atoms with Crippen LogP contribution in [-0.4, -0.2) is 23.1 Å². The molecule has 8 heteroatoms. The third-order valence-electron chi connectivity index (χ3n) is 3.80. The van der Waals surface area contributed by atoms with Gasteiger partial charge in [0.05, 0.1) is 0 Å². The highest BCUT2D eigenvalue weighted by Crippen LogP contribution is 2.32. The first-order chi connectivity index (χ1) is 9.66. The Morgan fingerprint density at radius 3 is 2.57 bits per heavy atom. The standard InChI is InChI=1S/C13H17ClN4O2.ClH/c14-10-11(16-13(20)17-12(10)19)18-7-3-5-9(18)8-4-1-2-6-15-8;/h15H,1-7H2,(H2,16,17,19,20);1H/b9-8+;. The largest absolute Gasteiger partial charge is 0.387 e. The van der Waals surface area contributed by atoms with Crippen molar-refractivity contribution in [2.24, 2.45) is 0 Å². The lowest BCUT2D eigenvalue weighted by Crippen LogP contribution is -2.31. The molecule has 6 nitrogen and oxygen atoms in total. The maximum atomic E-state index is 11.6. The zero-order chi connectivity index (χ0) is 14.1. The lowest BCUT2D eigenvalue weighted by molar-refractivity contribution is 0.577. The number of nitrogens with zero attached hydrogens (tertiary/aromatic N) is 1. The number of halogens is 2. The monoisotopic (exact) mass is 332 g/mol. The molecule has 0 amide bonds. The van der Waals surface area contributed by atoms with E-state index in [0.29, 0.717) is 5.82 Å². The molecule has 21 heavy (non-hydrogen) atoms. The van der Waals surface area contributed by atoms with Gasteiger partial charge in [-0.1, -0.05) is 11.6 Å². The molecule has 2 aliphatic heterocycles. The minimum absolute atomic E-state index is 0. The minimum atomic E-state index is -0.543. The summed E-state index contributed by atoms with van der Waals surface area (Å²) in [5.41, 5.74) is 1.29. The summed E-state index contributed by atoms with van der Waals surface area (Å²) in [6.45, 7) is 1.74. The van der Waals surface area contributed by atoms with Gasteiger partial charge in [-0.25, -0.2) is 4.79 Å². The summed E-state index contributed by atoms with van der Waals surface area (Å²) in [7, 11) is 0. The molecule has 3 heterocycles. The summed E-state index contributed by atoms with van der Waals surface area (Å²) in [6, 6.07) is 0. The lowest BCUT2D eigenvalue weighted by atomic mass is 10.1. The molecule has 0 unspecified atom stereocenters. The molecule has 3 rings (SSSR count). The highest BCUT2D eigenvalue weighted by atomic mass is 35.5. The van der Waals surface area contributed by atoms with Crippen molar-refractivity contribution in [3.8, 4) is 0 Å². The van der Waals surface area contributed by atoms with Gasteiger partial charge < -0.3 is 10.2 Å². The van der Waals surface area contributed by atoms with Gasteiger partial charge in [0.25, 0.3) is 5.56 Å². The van der Waals surface area contributed by atoms with Crippen molar-refractivity contribution in [1.29, 1.82) is 0 Å². The molecule has 0 aromatic carbocycles. The Bertz CT molecular complexity index is 657. The second-order valence-electron chi connectivity index (χ2n) is 5.14. The molecular weight excluding hydrogens is 315 g/mol. The van der Waals surface area contributed by atoms with Crippen molar-refractivity contribution in [3.05, 3.63) is 37.3 Å². The predicted molar refractivity (Wildman–Crippen MR) is 85.4 cm³/mol. The number of H-pyrrole nitrogens is 2. The Labute approximate surface area is 133 Å². The molecule has 0 saturated carbocycles. The Balaban J connectivity index is 0.00000161. The second kappa shape index (κ2) is 6.58. The summed E-state index contributed by atoms with van der Waals surface area (Å²) in [5.74, 6) is 0.410. The van der Waals surface area contributed by atoms with Crippen molar-refractivity contribution in [2.75, 3.05) is 18.0 Å². The number of anilines is 1. The summed E-state index contributed by atoms with van der Waals surface area (Å²) >= 11 is 6.05. The summed E-state index contributed by atoms with van der Waals surface area (Å²) < 4.78 is 0. The Kier molecular flexibility index (Phi) is 5.00. The lowest BCUT2D eigenvalue weighted by Gasteiger charge is -2.26. The van der Waals surface area contributed by atoms with Crippen LogP contribution < -0.4 is 21.5 Å². The van der Waals surface area contributed by atoms with Gasteiger partial charge in [0.2, 0.25) is 0 Å². The van der Waals surface area contributed by atoms with E-state index < -0.39 is 11.2 Å². The zero-order valence-corrected chi connectivity index (χ0v) is 13.1. The molecule has 0 spiro atoms. The van der Waals surface area contributed by atoms with Crippen LogP contribution in [-0.2, 0) is 0 Å². The quantitative estimate of drug-likeness (QED) is 0.731. The van der Waals surface area contributed by atoms with Gasteiger partial charge in [0.1, 0.15) is 10.8 Å². The topological polar surface area (TPSA) is 81.0 Å². The number of piperidine rings is 1. The summed E-state index contributed by atoms with van der Waals surface area (Å²) in [5, 5.41) is 3.47. The summed E-state index contributed by atoms with van der Waals surface area (Å²) in [6.07, 6.45) is 5.29. The Morgan fingerprint density at radius 1 is 1.05 bits per heavy atom. The molecule has 3 N–H and O–H groups in total. The number of nitrogens with one attached hydrogen (secondary N) is 3. The van der Waals surface area contributed by atoms with Crippen molar-refractivity contribution in [1.82, 2.24) is 15.3 Å². The molecule has 116 valence electrons. The number of aromatic nitrogens is 2. The fraction of sp³-hybridized carbons (Fsp3) is 0.538. The predicted octanol–water partition coefficient (Wildman–Crippen LogP) is 1.72. The molecule has 0 radical (unpaired) electrons. The average molecular weight is 333 g/mol. The van der Waals surface area contributed by atoms with Gasteiger partial charge >= 0.3 is 5.69 Å². The van der Waals surface area contributed by atoms with Gasteiger partial charge in [-0.15, -0.1) is 12.4 Å². The van der Waals surface area contributed by atoms with Gasteiger partial charge in [0.15, 0.2) is 0 Å². The maximum absolute atomic E-state index is 11.6. The molecule has 0 atom stereocenters. The van der Waals surface area contributed by atoms with E-state index >= 15 is 0 Å². The number of rotatable bonds is 1. The SMILES string of the molecule is Cl.O=c1[nH]c(N2CCC/C2=C2/CCCCN2)c(Cl)c(=O)[nH]1. The van der Waals surface area contributed by atoms with Crippen molar-refractivity contribution < 1.29 is 0 Å². The van der Waals surface area contributed by atoms with E-state index in [2.05, 4.69) is 15.3 Å².